The Bertz CT molecular complexity index is 1250. The molecule has 1 fully saturated rings. The maximum absolute atomic E-state index is 12.9. The van der Waals surface area contributed by atoms with Crippen molar-refractivity contribution >= 4 is 34.2 Å². The predicted octanol–water partition coefficient (Wildman–Crippen LogP) is 5.57. The van der Waals surface area contributed by atoms with Gasteiger partial charge in [0.2, 0.25) is 5.91 Å². The van der Waals surface area contributed by atoms with Crippen LogP contribution in [-0.4, -0.2) is 22.0 Å². The number of halogens is 1. The Balaban J connectivity index is 1.55. The number of aryl methyl sites for hydroxylation is 1. The number of hydrogen-bond donors (Lipinski definition) is 0. The molecule has 5 heteroatoms. The molecule has 4 nitrogen and oxygen atoms in total. The molecule has 0 saturated carbocycles. The van der Waals surface area contributed by atoms with Crippen LogP contribution in [0.1, 0.15) is 29.3 Å². The molecule has 5 rings (SSSR count). The van der Waals surface area contributed by atoms with Gasteiger partial charge in [-0.2, -0.15) is 0 Å². The maximum atomic E-state index is 12.9. The second kappa shape index (κ2) is 7.62. The molecule has 1 atom stereocenters. The van der Waals surface area contributed by atoms with Crippen LogP contribution in [0.3, 0.4) is 0 Å². The van der Waals surface area contributed by atoms with Crippen molar-refractivity contribution in [3.63, 3.8) is 0 Å². The van der Waals surface area contributed by atoms with Gasteiger partial charge < -0.3 is 9.47 Å². The van der Waals surface area contributed by atoms with Crippen LogP contribution in [0.15, 0.2) is 72.8 Å². The third kappa shape index (κ3) is 3.27. The second-order valence-electron chi connectivity index (χ2n) is 7.83. The van der Waals surface area contributed by atoms with Crippen LogP contribution < -0.4 is 4.90 Å². The van der Waals surface area contributed by atoms with E-state index >= 15 is 0 Å². The molecule has 0 bridgehead atoms. The fraction of sp³-hybridized carbons (Fsp3) is 0.200. The lowest BCUT2D eigenvalue weighted by molar-refractivity contribution is -0.117. The zero-order valence-electron chi connectivity index (χ0n) is 16.8. The number of imidazole rings is 1. The Morgan fingerprint density at radius 2 is 1.73 bits per heavy atom. The summed E-state index contributed by atoms with van der Waals surface area (Å²) in [5.41, 5.74) is 5.15. The van der Waals surface area contributed by atoms with Gasteiger partial charge in [0, 0.05) is 29.6 Å². The number of fused-ring (bicyclic) bond motifs is 1. The third-order valence-electron chi connectivity index (χ3n) is 5.87. The molecule has 1 saturated heterocycles. The molecule has 1 aliphatic heterocycles. The van der Waals surface area contributed by atoms with E-state index in [0.29, 0.717) is 19.5 Å². The van der Waals surface area contributed by atoms with Crippen molar-refractivity contribution < 1.29 is 4.79 Å². The van der Waals surface area contributed by atoms with E-state index in [0.717, 1.165) is 38.7 Å². The zero-order valence-corrected chi connectivity index (χ0v) is 17.5. The van der Waals surface area contributed by atoms with Crippen molar-refractivity contribution in [2.75, 3.05) is 11.4 Å². The Kier molecular flexibility index (Phi) is 4.80. The number of aromatic nitrogens is 2. The van der Waals surface area contributed by atoms with Gasteiger partial charge in [-0.1, -0.05) is 60.1 Å². The minimum atomic E-state index is 0.0343. The van der Waals surface area contributed by atoms with E-state index in [1.165, 1.54) is 0 Å². The SMILES string of the molecule is Cc1ccccc1N1CC(c2nc3ccccc3n2Cc2ccccc2Cl)CC1=O. The molecule has 3 aromatic carbocycles. The van der Waals surface area contributed by atoms with Gasteiger partial charge in [0.25, 0.3) is 0 Å². The number of para-hydroxylation sites is 3. The van der Waals surface area contributed by atoms with Gasteiger partial charge >= 0.3 is 0 Å². The molecule has 2 heterocycles. The number of carbonyl (C=O) groups excluding carboxylic acids is 1. The Morgan fingerprint density at radius 3 is 2.57 bits per heavy atom. The Hall–Kier alpha value is -3.11. The van der Waals surface area contributed by atoms with Crippen molar-refractivity contribution in [2.45, 2.75) is 25.8 Å². The van der Waals surface area contributed by atoms with Crippen LogP contribution in [0.2, 0.25) is 5.02 Å². The van der Waals surface area contributed by atoms with Crippen molar-refractivity contribution in [3.05, 3.63) is 94.8 Å². The smallest absolute Gasteiger partial charge is 0.227 e. The highest BCUT2D eigenvalue weighted by molar-refractivity contribution is 6.31. The van der Waals surface area contributed by atoms with Gasteiger partial charge in [-0.05, 0) is 42.3 Å². The Labute approximate surface area is 180 Å². The average Bonchev–Trinajstić information content (AvgIpc) is 3.31. The monoisotopic (exact) mass is 415 g/mol. The van der Waals surface area contributed by atoms with E-state index in [2.05, 4.69) is 10.6 Å². The standard InChI is InChI=1S/C25H22ClN3O/c1-17-8-2-6-12-22(17)28-16-19(14-24(28)30)25-27-21-11-5-7-13-23(21)29(25)15-18-9-3-4-10-20(18)26/h2-13,19H,14-16H2,1H3. The number of rotatable bonds is 4. The molecule has 1 amide bonds. The summed E-state index contributed by atoms with van der Waals surface area (Å²) in [4.78, 5) is 19.8. The summed E-state index contributed by atoms with van der Waals surface area (Å²) >= 11 is 6.45. The molecule has 0 spiro atoms. The summed E-state index contributed by atoms with van der Waals surface area (Å²) < 4.78 is 2.22. The van der Waals surface area contributed by atoms with Crippen LogP contribution in [0.4, 0.5) is 5.69 Å². The summed E-state index contributed by atoms with van der Waals surface area (Å²) in [5, 5.41) is 0.741. The molecular formula is C25H22ClN3O. The number of amides is 1. The zero-order chi connectivity index (χ0) is 20.7. The third-order valence-corrected chi connectivity index (χ3v) is 6.24. The highest BCUT2D eigenvalue weighted by Gasteiger charge is 2.35. The molecule has 0 aliphatic carbocycles. The highest BCUT2D eigenvalue weighted by atomic mass is 35.5. The van der Waals surface area contributed by atoms with E-state index in [9.17, 15) is 4.79 Å². The lowest BCUT2D eigenvalue weighted by Gasteiger charge is -2.19. The molecule has 0 N–H and O–H groups in total. The number of anilines is 1. The van der Waals surface area contributed by atoms with E-state index in [1.807, 2.05) is 78.6 Å². The maximum Gasteiger partial charge on any atom is 0.227 e. The molecular weight excluding hydrogens is 394 g/mol. The number of hydrogen-bond acceptors (Lipinski definition) is 2. The first-order valence-electron chi connectivity index (χ1n) is 10.2. The van der Waals surface area contributed by atoms with E-state index in [1.54, 1.807) is 0 Å². The summed E-state index contributed by atoms with van der Waals surface area (Å²) in [6.45, 7) is 3.31. The quantitative estimate of drug-likeness (QED) is 0.437. The number of carbonyl (C=O) groups is 1. The first kappa shape index (κ1) is 18.9. The van der Waals surface area contributed by atoms with Gasteiger partial charge in [0.05, 0.1) is 17.6 Å². The first-order valence-corrected chi connectivity index (χ1v) is 10.5. The van der Waals surface area contributed by atoms with Gasteiger partial charge in [0.15, 0.2) is 0 Å². The van der Waals surface area contributed by atoms with E-state index < -0.39 is 0 Å². The second-order valence-corrected chi connectivity index (χ2v) is 8.24. The topological polar surface area (TPSA) is 38.1 Å². The van der Waals surface area contributed by atoms with E-state index in [-0.39, 0.29) is 11.8 Å². The van der Waals surface area contributed by atoms with Crippen LogP contribution >= 0.6 is 11.6 Å². The van der Waals surface area contributed by atoms with Crippen molar-refractivity contribution in [2.24, 2.45) is 0 Å². The minimum Gasteiger partial charge on any atom is -0.323 e. The largest absolute Gasteiger partial charge is 0.323 e. The van der Waals surface area contributed by atoms with Gasteiger partial charge in [-0.15, -0.1) is 0 Å². The van der Waals surface area contributed by atoms with Crippen molar-refractivity contribution in [1.82, 2.24) is 9.55 Å². The predicted molar refractivity (Wildman–Crippen MR) is 121 cm³/mol. The van der Waals surface area contributed by atoms with Crippen molar-refractivity contribution in [1.29, 1.82) is 0 Å². The normalized spacial score (nSPS) is 16.5. The van der Waals surface area contributed by atoms with Gasteiger partial charge in [-0.3, -0.25) is 4.79 Å². The summed E-state index contributed by atoms with van der Waals surface area (Å²) in [6, 6.07) is 24.1. The van der Waals surface area contributed by atoms with Gasteiger partial charge in [0.1, 0.15) is 5.82 Å². The lowest BCUT2D eigenvalue weighted by Crippen LogP contribution is -2.25. The van der Waals surface area contributed by atoms with Crippen LogP contribution in [0, 0.1) is 6.92 Å². The molecule has 0 radical (unpaired) electrons. The van der Waals surface area contributed by atoms with Crippen LogP contribution in [0.25, 0.3) is 11.0 Å². The van der Waals surface area contributed by atoms with E-state index in [4.69, 9.17) is 16.6 Å². The first-order chi connectivity index (χ1) is 14.6. The molecule has 4 aromatic rings. The summed E-state index contributed by atoms with van der Waals surface area (Å²) in [5.74, 6) is 1.12. The summed E-state index contributed by atoms with van der Waals surface area (Å²) in [6.07, 6.45) is 0.459. The fourth-order valence-electron chi connectivity index (χ4n) is 4.35. The highest BCUT2D eigenvalue weighted by Crippen LogP contribution is 2.35. The van der Waals surface area contributed by atoms with Gasteiger partial charge in [-0.25, -0.2) is 4.98 Å². The van der Waals surface area contributed by atoms with Crippen LogP contribution in [-0.2, 0) is 11.3 Å². The molecule has 1 aliphatic rings. The summed E-state index contributed by atoms with van der Waals surface area (Å²) in [7, 11) is 0. The Morgan fingerprint density at radius 1 is 1.00 bits per heavy atom. The molecule has 1 aromatic heterocycles. The fourth-order valence-corrected chi connectivity index (χ4v) is 4.54. The molecule has 1 unspecified atom stereocenters. The minimum absolute atomic E-state index is 0.0343. The molecule has 30 heavy (non-hydrogen) atoms. The average molecular weight is 416 g/mol. The van der Waals surface area contributed by atoms with Crippen molar-refractivity contribution in [3.8, 4) is 0 Å². The number of nitrogens with zero attached hydrogens (tertiary/aromatic N) is 3. The molecule has 150 valence electrons. The lowest BCUT2D eigenvalue weighted by atomic mass is 10.1. The number of benzene rings is 3. The van der Waals surface area contributed by atoms with Crippen LogP contribution in [0.5, 0.6) is 0 Å².